The van der Waals surface area contributed by atoms with Crippen LogP contribution >= 0.6 is 7.92 Å². The first kappa shape index (κ1) is 14.0. The molecule has 1 heteroatoms. The Morgan fingerprint density at radius 2 is 1.09 bits per heavy atom. The van der Waals surface area contributed by atoms with Crippen LogP contribution in [0.1, 0.15) is 35.3 Å². The Kier molecular flexibility index (Phi) is 3.95. The molecule has 2 atom stereocenters. The average molecular weight is 304 g/mol. The highest BCUT2D eigenvalue weighted by atomic mass is 31.1. The molecule has 0 radical (unpaired) electrons. The summed E-state index contributed by atoms with van der Waals surface area (Å²) >= 11 is 0. The van der Waals surface area contributed by atoms with Crippen LogP contribution in [0, 0.1) is 0 Å². The van der Waals surface area contributed by atoms with Gasteiger partial charge < -0.3 is 0 Å². The molecule has 1 aliphatic carbocycles. The molecule has 0 N–H and O–H groups in total. The average Bonchev–Trinajstić information content (AvgIpc) is 3.25. The molecule has 0 unspecified atom stereocenters. The van der Waals surface area contributed by atoms with Gasteiger partial charge in [-0.05, 0) is 24.0 Å². The minimum atomic E-state index is -0.0993. The van der Waals surface area contributed by atoms with Gasteiger partial charge in [0.05, 0.1) is 0 Å². The predicted molar refractivity (Wildman–Crippen MR) is 96.6 cm³/mol. The molecule has 0 amide bonds. The minimum Gasteiger partial charge on any atom is -0.0803 e. The van der Waals surface area contributed by atoms with Gasteiger partial charge in [0.15, 0.2) is 0 Å². The number of rotatable bonds is 3. The van der Waals surface area contributed by atoms with Crippen LogP contribution in [-0.4, -0.2) is 5.66 Å². The summed E-state index contributed by atoms with van der Waals surface area (Å²) in [6.07, 6.45) is 12.0. The van der Waals surface area contributed by atoms with Crippen LogP contribution in [0.4, 0.5) is 0 Å². The van der Waals surface area contributed by atoms with Crippen molar-refractivity contribution in [2.24, 2.45) is 0 Å². The lowest BCUT2D eigenvalue weighted by atomic mass is 10.0. The van der Waals surface area contributed by atoms with E-state index >= 15 is 0 Å². The molecular weight excluding hydrogens is 283 g/mol. The van der Waals surface area contributed by atoms with Crippen molar-refractivity contribution in [3.05, 3.63) is 96.1 Å². The molecule has 4 rings (SSSR count). The fourth-order valence-electron chi connectivity index (χ4n) is 3.89. The number of hydrogen-bond acceptors (Lipinski definition) is 0. The molecule has 1 heterocycles. The molecular formula is C21H21P. The lowest BCUT2D eigenvalue weighted by Crippen LogP contribution is -2.04. The molecule has 2 aromatic rings. The molecule has 0 bridgehead atoms. The molecule has 2 aromatic carbocycles. The van der Waals surface area contributed by atoms with Gasteiger partial charge in [0.1, 0.15) is 0 Å². The van der Waals surface area contributed by atoms with Crippen LogP contribution in [-0.2, 0) is 0 Å². The van der Waals surface area contributed by atoms with Crippen molar-refractivity contribution in [3.63, 3.8) is 0 Å². The van der Waals surface area contributed by atoms with E-state index in [0.717, 1.165) is 11.3 Å². The Bertz CT molecular complexity index is 612. The monoisotopic (exact) mass is 304 g/mol. The first-order valence-corrected chi connectivity index (χ1v) is 9.71. The van der Waals surface area contributed by atoms with Gasteiger partial charge in [0.25, 0.3) is 0 Å². The van der Waals surface area contributed by atoms with Crippen LogP contribution in [0.3, 0.4) is 0 Å². The first-order chi connectivity index (χ1) is 10.9. The molecule has 1 saturated heterocycles. The van der Waals surface area contributed by atoms with Crippen LogP contribution < -0.4 is 0 Å². The number of allylic oxidation sites excluding steroid dienone is 4. The van der Waals surface area contributed by atoms with E-state index in [-0.39, 0.29) is 7.92 Å². The fourth-order valence-corrected chi connectivity index (χ4v) is 7.68. The SMILES string of the molecule is C1=CC(P2[C@H](c3ccccc3)CC[C@H]2c2ccccc2)C=C1. The highest BCUT2D eigenvalue weighted by molar-refractivity contribution is 7.60. The third kappa shape index (κ3) is 2.57. The van der Waals surface area contributed by atoms with Gasteiger partial charge in [-0.3, -0.25) is 0 Å². The van der Waals surface area contributed by atoms with Gasteiger partial charge in [-0.25, -0.2) is 0 Å². The van der Waals surface area contributed by atoms with Crippen LogP contribution in [0.15, 0.2) is 85.0 Å². The van der Waals surface area contributed by atoms with E-state index in [1.54, 1.807) is 11.1 Å². The van der Waals surface area contributed by atoms with Gasteiger partial charge in [-0.15, -0.1) is 0 Å². The summed E-state index contributed by atoms with van der Waals surface area (Å²) < 4.78 is 0. The summed E-state index contributed by atoms with van der Waals surface area (Å²) in [4.78, 5) is 0. The van der Waals surface area contributed by atoms with E-state index in [2.05, 4.69) is 85.0 Å². The third-order valence-electron chi connectivity index (χ3n) is 4.87. The number of hydrogen-bond donors (Lipinski definition) is 0. The quantitative estimate of drug-likeness (QED) is 0.589. The van der Waals surface area contributed by atoms with Crippen molar-refractivity contribution in [3.8, 4) is 0 Å². The van der Waals surface area contributed by atoms with Crippen LogP contribution in [0.2, 0.25) is 0 Å². The smallest absolute Gasteiger partial charge is 0.0167 e. The first-order valence-electron chi connectivity index (χ1n) is 8.16. The summed E-state index contributed by atoms with van der Waals surface area (Å²) in [5, 5.41) is 0. The summed E-state index contributed by atoms with van der Waals surface area (Å²) in [5.41, 5.74) is 5.20. The normalized spacial score (nSPS) is 25.1. The Balaban J connectivity index is 1.71. The summed E-state index contributed by atoms with van der Waals surface area (Å²) in [6, 6.07) is 22.3. The maximum atomic E-state index is 2.42. The molecule has 2 aliphatic rings. The van der Waals surface area contributed by atoms with Crippen LogP contribution in [0.5, 0.6) is 0 Å². The maximum Gasteiger partial charge on any atom is 0.0167 e. The lowest BCUT2D eigenvalue weighted by molar-refractivity contribution is 0.765. The lowest BCUT2D eigenvalue weighted by Gasteiger charge is -2.30. The highest BCUT2D eigenvalue weighted by Crippen LogP contribution is 2.73. The van der Waals surface area contributed by atoms with E-state index in [0.29, 0.717) is 5.66 Å². The zero-order chi connectivity index (χ0) is 14.8. The molecule has 1 fully saturated rings. The van der Waals surface area contributed by atoms with Crippen molar-refractivity contribution < 1.29 is 0 Å². The minimum absolute atomic E-state index is 0.0993. The van der Waals surface area contributed by atoms with Crippen molar-refractivity contribution >= 4 is 7.92 Å². The largest absolute Gasteiger partial charge is 0.0803 e. The van der Waals surface area contributed by atoms with E-state index in [1.807, 2.05) is 0 Å². The van der Waals surface area contributed by atoms with E-state index in [4.69, 9.17) is 0 Å². The molecule has 0 saturated carbocycles. The van der Waals surface area contributed by atoms with Crippen molar-refractivity contribution in [2.45, 2.75) is 29.8 Å². The molecule has 110 valence electrons. The Morgan fingerprint density at radius 1 is 0.636 bits per heavy atom. The molecule has 0 spiro atoms. The maximum absolute atomic E-state index is 2.42. The Hall–Kier alpha value is -1.65. The van der Waals surface area contributed by atoms with Crippen molar-refractivity contribution in [2.75, 3.05) is 0 Å². The standard InChI is InChI=1S/C21H21P/c1-3-9-17(10-4-1)20-15-16-21(18-11-5-2-6-12-18)22(20)19-13-7-8-14-19/h1-14,19-21H,15-16H2/t20-,21-/m0/s1. The van der Waals surface area contributed by atoms with Crippen molar-refractivity contribution in [1.29, 1.82) is 0 Å². The second kappa shape index (κ2) is 6.23. The highest BCUT2D eigenvalue weighted by Gasteiger charge is 2.40. The van der Waals surface area contributed by atoms with Gasteiger partial charge >= 0.3 is 0 Å². The summed E-state index contributed by atoms with van der Waals surface area (Å²) in [6.45, 7) is 0. The van der Waals surface area contributed by atoms with E-state index in [9.17, 15) is 0 Å². The van der Waals surface area contributed by atoms with Gasteiger partial charge in [-0.2, -0.15) is 0 Å². The summed E-state index contributed by atoms with van der Waals surface area (Å²) in [5.74, 6) is 0. The van der Waals surface area contributed by atoms with E-state index in [1.165, 1.54) is 12.8 Å². The molecule has 22 heavy (non-hydrogen) atoms. The predicted octanol–water partition coefficient (Wildman–Crippen LogP) is 6.24. The van der Waals surface area contributed by atoms with E-state index < -0.39 is 0 Å². The Labute approximate surface area is 134 Å². The molecule has 1 aliphatic heterocycles. The zero-order valence-corrected chi connectivity index (χ0v) is 13.6. The second-order valence-electron chi connectivity index (χ2n) is 6.14. The van der Waals surface area contributed by atoms with Gasteiger partial charge in [0, 0.05) is 17.0 Å². The number of benzene rings is 2. The zero-order valence-electron chi connectivity index (χ0n) is 12.7. The third-order valence-corrected chi connectivity index (χ3v) is 8.46. The van der Waals surface area contributed by atoms with Gasteiger partial charge in [-0.1, -0.05) is 92.9 Å². The Morgan fingerprint density at radius 3 is 1.55 bits per heavy atom. The van der Waals surface area contributed by atoms with Crippen LogP contribution in [0.25, 0.3) is 0 Å². The fraction of sp³-hybridized carbons (Fsp3) is 0.238. The second-order valence-corrected chi connectivity index (χ2v) is 8.88. The van der Waals surface area contributed by atoms with Gasteiger partial charge in [0.2, 0.25) is 0 Å². The topological polar surface area (TPSA) is 0 Å². The summed E-state index contributed by atoms with van der Waals surface area (Å²) in [7, 11) is -0.0993. The van der Waals surface area contributed by atoms with Crippen molar-refractivity contribution in [1.82, 2.24) is 0 Å². The molecule has 0 nitrogen and oxygen atoms in total. The molecule has 0 aromatic heterocycles.